The molecule has 21 heavy (non-hydrogen) atoms. The van der Waals surface area contributed by atoms with Crippen molar-refractivity contribution in [2.24, 2.45) is 0 Å². The van der Waals surface area contributed by atoms with Crippen LogP contribution in [0.25, 0.3) is 16.9 Å². The third-order valence-corrected chi connectivity index (χ3v) is 3.21. The van der Waals surface area contributed by atoms with Gasteiger partial charge >= 0.3 is 0 Å². The fourth-order valence-corrected chi connectivity index (χ4v) is 2.12. The maximum absolute atomic E-state index is 13.8. The highest BCUT2D eigenvalue weighted by Crippen LogP contribution is 2.27. The van der Waals surface area contributed by atoms with Gasteiger partial charge < -0.3 is 10.5 Å². The van der Waals surface area contributed by atoms with Gasteiger partial charge in [-0.2, -0.15) is 5.10 Å². The van der Waals surface area contributed by atoms with Crippen LogP contribution in [0.5, 0.6) is 5.75 Å². The number of anilines is 1. The summed E-state index contributed by atoms with van der Waals surface area (Å²) in [5, 5.41) is 4.38. The van der Waals surface area contributed by atoms with Crippen LogP contribution in [-0.4, -0.2) is 16.9 Å². The highest BCUT2D eigenvalue weighted by atomic mass is 19.1. The van der Waals surface area contributed by atoms with Crippen molar-refractivity contribution >= 4 is 5.69 Å². The zero-order chi connectivity index (χ0) is 14.8. The zero-order valence-electron chi connectivity index (χ0n) is 11.5. The zero-order valence-corrected chi connectivity index (χ0v) is 11.5. The first-order chi connectivity index (χ1) is 10.2. The van der Waals surface area contributed by atoms with E-state index in [1.165, 1.54) is 10.7 Å². The molecule has 106 valence electrons. The minimum Gasteiger partial charge on any atom is -0.497 e. The van der Waals surface area contributed by atoms with Crippen molar-refractivity contribution in [1.29, 1.82) is 0 Å². The van der Waals surface area contributed by atoms with Crippen LogP contribution in [0.4, 0.5) is 10.1 Å². The van der Waals surface area contributed by atoms with E-state index in [0.717, 1.165) is 11.3 Å². The SMILES string of the molecule is COc1ccc(-c2nn(-c3ccccc3F)cc2N)cc1. The van der Waals surface area contributed by atoms with Gasteiger partial charge in [0.2, 0.25) is 0 Å². The lowest BCUT2D eigenvalue weighted by Gasteiger charge is -2.03. The highest BCUT2D eigenvalue weighted by Gasteiger charge is 2.11. The second kappa shape index (κ2) is 5.28. The molecule has 0 aliphatic carbocycles. The molecule has 1 heterocycles. The number of benzene rings is 2. The van der Waals surface area contributed by atoms with E-state index in [4.69, 9.17) is 10.5 Å². The monoisotopic (exact) mass is 283 g/mol. The van der Waals surface area contributed by atoms with E-state index in [2.05, 4.69) is 5.10 Å². The Morgan fingerprint density at radius 2 is 1.81 bits per heavy atom. The normalized spacial score (nSPS) is 10.6. The minimum atomic E-state index is -0.346. The Kier molecular flexibility index (Phi) is 3.31. The van der Waals surface area contributed by atoms with Crippen molar-refractivity contribution in [3.63, 3.8) is 0 Å². The number of nitrogen functional groups attached to an aromatic ring is 1. The first-order valence-corrected chi connectivity index (χ1v) is 6.43. The molecular weight excluding hydrogens is 269 g/mol. The van der Waals surface area contributed by atoms with E-state index in [1.54, 1.807) is 31.5 Å². The van der Waals surface area contributed by atoms with Gasteiger partial charge in [-0.25, -0.2) is 9.07 Å². The van der Waals surface area contributed by atoms with E-state index in [-0.39, 0.29) is 5.82 Å². The van der Waals surface area contributed by atoms with Crippen LogP contribution >= 0.6 is 0 Å². The molecule has 4 nitrogen and oxygen atoms in total. The average molecular weight is 283 g/mol. The van der Waals surface area contributed by atoms with E-state index >= 15 is 0 Å². The van der Waals surface area contributed by atoms with Crippen LogP contribution < -0.4 is 10.5 Å². The Hall–Kier alpha value is -2.82. The summed E-state index contributed by atoms with van der Waals surface area (Å²) in [5.41, 5.74) is 8.31. The van der Waals surface area contributed by atoms with E-state index in [9.17, 15) is 4.39 Å². The summed E-state index contributed by atoms with van der Waals surface area (Å²) in [5.74, 6) is 0.409. The van der Waals surface area contributed by atoms with Gasteiger partial charge in [0.1, 0.15) is 22.9 Å². The van der Waals surface area contributed by atoms with Crippen molar-refractivity contribution in [2.45, 2.75) is 0 Å². The number of halogens is 1. The molecule has 5 heteroatoms. The van der Waals surface area contributed by atoms with Crippen LogP contribution in [0.2, 0.25) is 0 Å². The molecule has 0 unspecified atom stereocenters. The first-order valence-electron chi connectivity index (χ1n) is 6.43. The lowest BCUT2D eigenvalue weighted by Crippen LogP contribution is -1.98. The summed E-state index contributed by atoms with van der Waals surface area (Å²) in [7, 11) is 1.61. The molecule has 0 saturated carbocycles. The van der Waals surface area contributed by atoms with Crippen LogP contribution in [-0.2, 0) is 0 Å². The van der Waals surface area contributed by atoms with Crippen LogP contribution in [0.1, 0.15) is 0 Å². The van der Waals surface area contributed by atoms with Crippen LogP contribution in [0.3, 0.4) is 0 Å². The summed E-state index contributed by atoms with van der Waals surface area (Å²) in [6.45, 7) is 0. The number of nitrogens with zero attached hydrogens (tertiary/aromatic N) is 2. The molecular formula is C16H14FN3O. The number of ether oxygens (including phenoxy) is 1. The number of aromatic nitrogens is 2. The van der Waals surface area contributed by atoms with Gasteiger partial charge in [-0.15, -0.1) is 0 Å². The molecule has 0 atom stereocenters. The Balaban J connectivity index is 2.03. The van der Waals surface area contributed by atoms with E-state index < -0.39 is 0 Å². The number of hydrogen-bond donors (Lipinski definition) is 1. The Bertz CT molecular complexity index is 765. The number of rotatable bonds is 3. The van der Waals surface area contributed by atoms with Crippen molar-refractivity contribution in [3.8, 4) is 22.7 Å². The lowest BCUT2D eigenvalue weighted by molar-refractivity contribution is 0.415. The van der Waals surface area contributed by atoms with Gasteiger partial charge in [0.25, 0.3) is 0 Å². The standard InChI is InChI=1S/C16H14FN3O/c1-21-12-8-6-11(7-9-12)16-14(18)10-20(19-16)15-5-3-2-4-13(15)17/h2-10H,18H2,1H3. The number of methoxy groups -OCH3 is 1. The third-order valence-electron chi connectivity index (χ3n) is 3.21. The van der Waals surface area contributed by atoms with Crippen molar-refractivity contribution in [1.82, 2.24) is 9.78 Å². The molecule has 3 aromatic rings. The number of nitrogens with two attached hydrogens (primary N) is 1. The molecule has 0 fully saturated rings. The molecule has 3 rings (SSSR count). The minimum absolute atomic E-state index is 0.346. The topological polar surface area (TPSA) is 53.1 Å². The van der Waals surface area contributed by atoms with Crippen LogP contribution in [0, 0.1) is 5.82 Å². The molecule has 0 radical (unpaired) electrons. The Morgan fingerprint density at radius 3 is 2.48 bits per heavy atom. The quantitative estimate of drug-likeness (QED) is 0.802. The van der Waals surface area contributed by atoms with Gasteiger partial charge in [-0.1, -0.05) is 12.1 Å². The second-order valence-corrected chi connectivity index (χ2v) is 4.56. The smallest absolute Gasteiger partial charge is 0.148 e. The average Bonchev–Trinajstić information content (AvgIpc) is 2.89. The number of hydrogen-bond acceptors (Lipinski definition) is 3. The molecule has 2 N–H and O–H groups in total. The van der Waals surface area contributed by atoms with Crippen LogP contribution in [0.15, 0.2) is 54.7 Å². The van der Waals surface area contributed by atoms with Crippen molar-refractivity contribution < 1.29 is 9.13 Å². The summed E-state index contributed by atoms with van der Waals surface area (Å²) in [6.07, 6.45) is 1.61. The predicted molar refractivity (Wildman–Crippen MR) is 79.9 cm³/mol. The molecule has 0 spiro atoms. The summed E-state index contributed by atoms with van der Waals surface area (Å²) in [6, 6.07) is 13.8. The van der Waals surface area contributed by atoms with Crippen molar-refractivity contribution in [2.75, 3.05) is 12.8 Å². The Morgan fingerprint density at radius 1 is 1.10 bits per heavy atom. The summed E-state index contributed by atoms with van der Waals surface area (Å²) < 4.78 is 20.4. The third kappa shape index (κ3) is 2.45. The molecule has 0 amide bonds. The summed E-state index contributed by atoms with van der Waals surface area (Å²) >= 11 is 0. The fraction of sp³-hybridized carbons (Fsp3) is 0.0625. The highest BCUT2D eigenvalue weighted by molar-refractivity contribution is 5.72. The molecule has 0 saturated heterocycles. The number of para-hydroxylation sites is 1. The lowest BCUT2D eigenvalue weighted by atomic mass is 10.1. The molecule has 2 aromatic carbocycles. The van der Waals surface area contributed by atoms with Crippen molar-refractivity contribution in [3.05, 3.63) is 60.5 Å². The van der Waals surface area contributed by atoms with Gasteiger partial charge in [0.05, 0.1) is 19.0 Å². The Labute approximate surface area is 121 Å². The maximum Gasteiger partial charge on any atom is 0.148 e. The second-order valence-electron chi connectivity index (χ2n) is 4.56. The van der Waals surface area contributed by atoms with E-state index in [0.29, 0.717) is 17.1 Å². The fourth-order valence-electron chi connectivity index (χ4n) is 2.12. The summed E-state index contributed by atoms with van der Waals surface area (Å²) in [4.78, 5) is 0. The van der Waals surface area contributed by atoms with Gasteiger partial charge in [0, 0.05) is 5.56 Å². The largest absolute Gasteiger partial charge is 0.497 e. The predicted octanol–water partition coefficient (Wildman–Crippen LogP) is 3.27. The molecule has 1 aromatic heterocycles. The van der Waals surface area contributed by atoms with Gasteiger partial charge in [-0.05, 0) is 36.4 Å². The first kappa shape index (κ1) is 13.2. The van der Waals surface area contributed by atoms with Gasteiger partial charge in [0.15, 0.2) is 0 Å². The van der Waals surface area contributed by atoms with Gasteiger partial charge in [-0.3, -0.25) is 0 Å². The molecule has 0 bridgehead atoms. The maximum atomic E-state index is 13.8. The molecule has 0 aliphatic rings. The van der Waals surface area contributed by atoms with E-state index in [1.807, 2.05) is 24.3 Å². The molecule has 0 aliphatic heterocycles.